The molecular formula is C12H22N4S. The van der Waals surface area contributed by atoms with Crippen LogP contribution in [0.1, 0.15) is 31.2 Å². The fourth-order valence-corrected chi connectivity index (χ4v) is 2.32. The van der Waals surface area contributed by atoms with Crippen LogP contribution in [0.3, 0.4) is 0 Å². The maximum Gasteiger partial charge on any atom is 0.206 e. The van der Waals surface area contributed by atoms with Crippen molar-refractivity contribution in [1.82, 2.24) is 10.7 Å². The van der Waals surface area contributed by atoms with E-state index >= 15 is 0 Å². The number of rotatable bonds is 5. The number of guanidine groups is 1. The largest absolute Gasteiger partial charge is 0.355 e. The Kier molecular flexibility index (Phi) is 6.00. The zero-order chi connectivity index (χ0) is 12.7. The lowest BCUT2D eigenvalue weighted by molar-refractivity contribution is 0.615. The number of nitrogens with two attached hydrogens (primary N) is 1. The molecule has 0 aromatic carbocycles. The van der Waals surface area contributed by atoms with Gasteiger partial charge in [0.15, 0.2) is 0 Å². The lowest BCUT2D eigenvalue weighted by Gasteiger charge is -2.10. The van der Waals surface area contributed by atoms with Crippen molar-refractivity contribution < 1.29 is 0 Å². The molecule has 0 radical (unpaired) electrons. The quantitative estimate of drug-likeness (QED) is 0.325. The summed E-state index contributed by atoms with van der Waals surface area (Å²) in [6, 6.07) is 2.16. The molecule has 5 heteroatoms. The van der Waals surface area contributed by atoms with Crippen molar-refractivity contribution in [1.29, 1.82) is 0 Å². The smallest absolute Gasteiger partial charge is 0.206 e. The Balaban J connectivity index is 2.55. The maximum atomic E-state index is 5.43. The summed E-state index contributed by atoms with van der Waals surface area (Å²) < 4.78 is 0. The van der Waals surface area contributed by atoms with Gasteiger partial charge in [0, 0.05) is 11.4 Å². The van der Waals surface area contributed by atoms with E-state index in [1.54, 1.807) is 11.3 Å². The van der Waals surface area contributed by atoms with Crippen molar-refractivity contribution in [2.24, 2.45) is 16.8 Å². The van der Waals surface area contributed by atoms with Crippen LogP contribution in [0.15, 0.2) is 16.4 Å². The molecule has 0 amide bonds. The third-order valence-corrected chi connectivity index (χ3v) is 3.36. The molecule has 0 fully saturated rings. The number of nitrogens with zero attached hydrogens (tertiary/aromatic N) is 1. The van der Waals surface area contributed by atoms with Crippen LogP contribution in [-0.2, 0) is 13.0 Å². The van der Waals surface area contributed by atoms with Crippen LogP contribution >= 0.6 is 11.3 Å². The third kappa shape index (κ3) is 4.75. The molecule has 0 spiro atoms. The first-order valence-corrected chi connectivity index (χ1v) is 6.85. The first-order chi connectivity index (χ1) is 8.17. The highest BCUT2D eigenvalue weighted by atomic mass is 32.1. The number of nitrogens with one attached hydrogen (secondary N) is 2. The van der Waals surface area contributed by atoms with E-state index in [4.69, 9.17) is 5.84 Å². The lowest BCUT2D eigenvalue weighted by atomic mass is 10.2. The van der Waals surface area contributed by atoms with Gasteiger partial charge in [0.1, 0.15) is 0 Å². The minimum atomic E-state index is 0.571. The van der Waals surface area contributed by atoms with Crippen LogP contribution < -0.4 is 16.6 Å². The molecule has 0 aliphatic heterocycles. The van der Waals surface area contributed by atoms with Gasteiger partial charge in [-0.3, -0.25) is 5.43 Å². The number of hydrazine groups is 1. The molecule has 0 aliphatic carbocycles. The van der Waals surface area contributed by atoms with Crippen molar-refractivity contribution in [2.75, 3.05) is 6.54 Å². The average Bonchev–Trinajstić information content (AvgIpc) is 2.76. The lowest BCUT2D eigenvalue weighted by Crippen LogP contribution is -2.42. The highest BCUT2D eigenvalue weighted by Crippen LogP contribution is 2.18. The zero-order valence-corrected chi connectivity index (χ0v) is 11.6. The number of aliphatic imine (C=N–C) groups is 1. The average molecular weight is 254 g/mol. The van der Waals surface area contributed by atoms with Crippen molar-refractivity contribution in [3.8, 4) is 0 Å². The van der Waals surface area contributed by atoms with Crippen LogP contribution in [0.5, 0.6) is 0 Å². The van der Waals surface area contributed by atoms with Gasteiger partial charge in [-0.25, -0.2) is 10.8 Å². The predicted octanol–water partition coefficient (Wildman–Crippen LogP) is 1.88. The summed E-state index contributed by atoms with van der Waals surface area (Å²) in [5, 5.41) is 5.30. The first kappa shape index (κ1) is 14.0. The molecule has 0 bridgehead atoms. The van der Waals surface area contributed by atoms with E-state index in [-0.39, 0.29) is 0 Å². The van der Waals surface area contributed by atoms with Crippen molar-refractivity contribution in [2.45, 2.75) is 33.7 Å². The molecule has 1 aromatic heterocycles. The van der Waals surface area contributed by atoms with Gasteiger partial charge in [-0.2, -0.15) is 0 Å². The number of hydrogen-bond acceptors (Lipinski definition) is 3. The van der Waals surface area contributed by atoms with Gasteiger partial charge in [-0.15, -0.1) is 11.3 Å². The summed E-state index contributed by atoms with van der Waals surface area (Å²) in [6.07, 6.45) is 1.05. The molecule has 0 unspecified atom stereocenters. The standard InChI is InChI=1S/C12H22N4S/c1-4-10-5-6-17-11(10)8-15-12(16-13)14-7-9(2)3/h5-6,9H,4,7-8,13H2,1-3H3,(H2,14,15,16). The fraction of sp³-hybridized carbons (Fsp3) is 0.583. The highest BCUT2D eigenvalue weighted by molar-refractivity contribution is 7.10. The minimum absolute atomic E-state index is 0.571. The van der Waals surface area contributed by atoms with E-state index in [1.807, 2.05) is 0 Å². The van der Waals surface area contributed by atoms with E-state index in [0.717, 1.165) is 13.0 Å². The minimum Gasteiger partial charge on any atom is -0.355 e. The summed E-state index contributed by atoms with van der Waals surface area (Å²) in [6.45, 7) is 8.01. The zero-order valence-electron chi connectivity index (χ0n) is 10.8. The van der Waals surface area contributed by atoms with Crippen molar-refractivity contribution in [3.63, 3.8) is 0 Å². The molecule has 0 saturated carbocycles. The van der Waals surface area contributed by atoms with Crippen LogP contribution in [0.25, 0.3) is 0 Å². The summed E-state index contributed by atoms with van der Waals surface area (Å²) in [7, 11) is 0. The molecule has 4 N–H and O–H groups in total. The molecule has 1 heterocycles. The van der Waals surface area contributed by atoms with Crippen LogP contribution in [-0.4, -0.2) is 12.5 Å². The van der Waals surface area contributed by atoms with Gasteiger partial charge in [0.05, 0.1) is 6.54 Å². The van der Waals surface area contributed by atoms with E-state index in [2.05, 4.69) is 48.0 Å². The Bertz CT molecular complexity index is 357. The molecule has 96 valence electrons. The number of aryl methyl sites for hydroxylation is 1. The Morgan fingerprint density at radius 1 is 1.53 bits per heavy atom. The molecule has 0 aliphatic rings. The maximum absolute atomic E-state index is 5.43. The van der Waals surface area contributed by atoms with E-state index in [1.165, 1.54) is 10.4 Å². The second kappa shape index (κ2) is 7.29. The van der Waals surface area contributed by atoms with Crippen molar-refractivity contribution in [3.05, 3.63) is 21.9 Å². The molecule has 17 heavy (non-hydrogen) atoms. The van der Waals surface area contributed by atoms with Gasteiger partial charge >= 0.3 is 0 Å². The van der Waals surface area contributed by atoms with Gasteiger partial charge in [0.25, 0.3) is 0 Å². The Morgan fingerprint density at radius 2 is 2.29 bits per heavy atom. The fourth-order valence-electron chi connectivity index (χ4n) is 1.42. The summed E-state index contributed by atoms with van der Waals surface area (Å²) in [4.78, 5) is 5.76. The van der Waals surface area contributed by atoms with Crippen LogP contribution in [0, 0.1) is 5.92 Å². The molecule has 1 rings (SSSR count). The van der Waals surface area contributed by atoms with Gasteiger partial charge in [0.2, 0.25) is 5.96 Å². The number of thiophene rings is 1. The van der Waals surface area contributed by atoms with E-state index in [0.29, 0.717) is 18.4 Å². The van der Waals surface area contributed by atoms with Crippen LogP contribution in [0.4, 0.5) is 0 Å². The normalized spacial score (nSPS) is 11.9. The van der Waals surface area contributed by atoms with Gasteiger partial charge in [-0.1, -0.05) is 20.8 Å². The summed E-state index contributed by atoms with van der Waals surface area (Å²) >= 11 is 1.75. The predicted molar refractivity (Wildman–Crippen MR) is 75.0 cm³/mol. The van der Waals surface area contributed by atoms with Crippen LogP contribution in [0.2, 0.25) is 0 Å². The monoisotopic (exact) mass is 254 g/mol. The Labute approximate surface area is 107 Å². The first-order valence-electron chi connectivity index (χ1n) is 5.97. The second-order valence-electron chi connectivity index (χ2n) is 4.31. The second-order valence-corrected chi connectivity index (χ2v) is 5.31. The summed E-state index contributed by atoms with van der Waals surface area (Å²) in [5.74, 6) is 6.66. The molecule has 4 nitrogen and oxygen atoms in total. The van der Waals surface area contributed by atoms with Crippen molar-refractivity contribution >= 4 is 17.3 Å². The molecule has 1 aromatic rings. The SMILES string of the molecule is CCc1ccsc1CN=C(NN)NCC(C)C. The van der Waals surface area contributed by atoms with Gasteiger partial charge < -0.3 is 5.32 Å². The summed E-state index contributed by atoms with van der Waals surface area (Å²) in [5.41, 5.74) is 3.97. The molecular weight excluding hydrogens is 232 g/mol. The van der Waals surface area contributed by atoms with Gasteiger partial charge in [-0.05, 0) is 29.3 Å². The Morgan fingerprint density at radius 3 is 2.88 bits per heavy atom. The van der Waals surface area contributed by atoms with E-state index < -0.39 is 0 Å². The highest BCUT2D eigenvalue weighted by Gasteiger charge is 2.02. The Hall–Kier alpha value is -1.07. The molecule has 0 saturated heterocycles. The topological polar surface area (TPSA) is 62.4 Å². The molecule has 0 atom stereocenters. The third-order valence-electron chi connectivity index (χ3n) is 2.41. The van der Waals surface area contributed by atoms with E-state index in [9.17, 15) is 0 Å². The number of hydrogen-bond donors (Lipinski definition) is 3.